The Morgan fingerprint density at radius 1 is 1.09 bits per heavy atom. The summed E-state index contributed by atoms with van der Waals surface area (Å²) in [7, 11) is 0. The van der Waals surface area contributed by atoms with Crippen LogP contribution in [0.3, 0.4) is 0 Å². The molecule has 0 saturated heterocycles. The molecule has 3 rings (SSSR count). The maximum Gasteiger partial charge on any atom is 0.173 e. The maximum absolute atomic E-state index is 12.3. The number of aromatic nitrogens is 2. The molecule has 0 amide bonds. The van der Waals surface area contributed by atoms with Crippen LogP contribution in [0.1, 0.15) is 22.8 Å². The SMILES string of the molecule is CCc1ccc(C(=O)CSc2nccn2-c2ccccc2)cc1. The number of carbonyl (C=O) groups is 1. The number of ketones is 1. The van der Waals surface area contributed by atoms with Crippen molar-refractivity contribution in [3.05, 3.63) is 78.1 Å². The van der Waals surface area contributed by atoms with Gasteiger partial charge in [0.15, 0.2) is 10.9 Å². The molecular formula is C19H18N2OS. The van der Waals surface area contributed by atoms with Crippen molar-refractivity contribution in [1.29, 1.82) is 0 Å². The van der Waals surface area contributed by atoms with Gasteiger partial charge in [-0.15, -0.1) is 0 Å². The number of benzene rings is 2. The lowest BCUT2D eigenvalue weighted by molar-refractivity contribution is 0.102. The number of Topliss-reactive ketones (excluding diaryl/α,β-unsaturated/α-hetero) is 1. The van der Waals surface area contributed by atoms with Crippen LogP contribution >= 0.6 is 11.8 Å². The molecule has 0 fully saturated rings. The van der Waals surface area contributed by atoms with Gasteiger partial charge in [-0.2, -0.15) is 0 Å². The van der Waals surface area contributed by atoms with Crippen LogP contribution in [0.2, 0.25) is 0 Å². The van der Waals surface area contributed by atoms with Gasteiger partial charge in [0.05, 0.1) is 5.75 Å². The van der Waals surface area contributed by atoms with E-state index in [0.717, 1.165) is 22.8 Å². The first-order chi connectivity index (χ1) is 11.3. The summed E-state index contributed by atoms with van der Waals surface area (Å²) >= 11 is 1.46. The Hall–Kier alpha value is -2.33. The molecule has 0 saturated carbocycles. The van der Waals surface area contributed by atoms with E-state index in [1.165, 1.54) is 17.3 Å². The van der Waals surface area contributed by atoms with Gasteiger partial charge < -0.3 is 0 Å². The first-order valence-electron chi connectivity index (χ1n) is 7.61. The lowest BCUT2D eigenvalue weighted by Crippen LogP contribution is -2.04. The van der Waals surface area contributed by atoms with Crippen molar-refractivity contribution in [2.45, 2.75) is 18.5 Å². The van der Waals surface area contributed by atoms with Crippen LogP contribution in [0.25, 0.3) is 5.69 Å². The third-order valence-corrected chi connectivity index (χ3v) is 4.62. The molecule has 0 unspecified atom stereocenters. The molecule has 0 N–H and O–H groups in total. The maximum atomic E-state index is 12.3. The lowest BCUT2D eigenvalue weighted by atomic mass is 10.1. The van der Waals surface area contributed by atoms with Crippen LogP contribution < -0.4 is 0 Å². The Kier molecular flexibility index (Phi) is 4.93. The van der Waals surface area contributed by atoms with E-state index in [2.05, 4.69) is 11.9 Å². The summed E-state index contributed by atoms with van der Waals surface area (Å²) in [6.07, 6.45) is 4.66. The van der Waals surface area contributed by atoms with Gasteiger partial charge in [0.1, 0.15) is 0 Å². The summed E-state index contributed by atoms with van der Waals surface area (Å²) in [5.74, 6) is 0.509. The van der Waals surface area contributed by atoms with Crippen molar-refractivity contribution >= 4 is 17.5 Å². The van der Waals surface area contributed by atoms with Gasteiger partial charge in [-0.25, -0.2) is 4.98 Å². The number of rotatable bonds is 6. The Balaban J connectivity index is 1.69. The molecule has 0 aliphatic heterocycles. The molecule has 0 bridgehead atoms. The average molecular weight is 322 g/mol. The fraction of sp³-hybridized carbons (Fsp3) is 0.158. The normalized spacial score (nSPS) is 10.7. The summed E-state index contributed by atoms with van der Waals surface area (Å²) < 4.78 is 2.00. The van der Waals surface area contributed by atoms with E-state index in [1.807, 2.05) is 65.4 Å². The van der Waals surface area contributed by atoms with E-state index in [4.69, 9.17) is 0 Å². The van der Waals surface area contributed by atoms with Crippen LogP contribution in [0.5, 0.6) is 0 Å². The molecule has 0 aliphatic carbocycles. The zero-order valence-corrected chi connectivity index (χ0v) is 13.8. The third kappa shape index (κ3) is 3.71. The molecule has 23 heavy (non-hydrogen) atoms. The van der Waals surface area contributed by atoms with Crippen LogP contribution in [0.4, 0.5) is 0 Å². The van der Waals surface area contributed by atoms with E-state index in [9.17, 15) is 4.79 Å². The highest BCUT2D eigenvalue weighted by Crippen LogP contribution is 2.21. The zero-order valence-electron chi connectivity index (χ0n) is 13.0. The van der Waals surface area contributed by atoms with E-state index in [0.29, 0.717) is 5.75 Å². The molecule has 116 valence electrons. The second-order valence-corrected chi connectivity index (χ2v) is 6.12. The highest BCUT2D eigenvalue weighted by molar-refractivity contribution is 7.99. The van der Waals surface area contributed by atoms with Crippen molar-refractivity contribution in [2.75, 3.05) is 5.75 Å². The largest absolute Gasteiger partial charge is 0.295 e. The number of imidazole rings is 1. The van der Waals surface area contributed by atoms with Crippen LogP contribution in [-0.2, 0) is 6.42 Å². The van der Waals surface area contributed by atoms with Crippen LogP contribution in [-0.4, -0.2) is 21.1 Å². The summed E-state index contributed by atoms with van der Waals surface area (Å²) in [6, 6.07) is 17.9. The second-order valence-electron chi connectivity index (χ2n) is 5.18. The number of carbonyl (C=O) groups excluding carboxylic acids is 1. The molecule has 1 aromatic heterocycles. The minimum Gasteiger partial charge on any atom is -0.295 e. The van der Waals surface area contributed by atoms with Crippen LogP contribution in [0.15, 0.2) is 72.1 Å². The topological polar surface area (TPSA) is 34.9 Å². The third-order valence-electron chi connectivity index (χ3n) is 3.66. The molecule has 3 nitrogen and oxygen atoms in total. The number of para-hydroxylation sites is 1. The van der Waals surface area contributed by atoms with E-state index < -0.39 is 0 Å². The van der Waals surface area contributed by atoms with Gasteiger partial charge in [0.2, 0.25) is 0 Å². The van der Waals surface area contributed by atoms with Gasteiger partial charge in [-0.05, 0) is 24.1 Å². The lowest BCUT2D eigenvalue weighted by Gasteiger charge is -2.07. The van der Waals surface area contributed by atoms with Crippen molar-refractivity contribution < 1.29 is 4.79 Å². The highest BCUT2D eigenvalue weighted by Gasteiger charge is 2.10. The smallest absolute Gasteiger partial charge is 0.173 e. The number of hydrogen-bond donors (Lipinski definition) is 0. The van der Waals surface area contributed by atoms with Gasteiger partial charge in [-0.3, -0.25) is 9.36 Å². The average Bonchev–Trinajstić information content (AvgIpc) is 3.09. The van der Waals surface area contributed by atoms with Crippen LogP contribution in [0, 0.1) is 0 Å². The van der Waals surface area contributed by atoms with Gasteiger partial charge >= 0.3 is 0 Å². The molecular weight excluding hydrogens is 304 g/mol. The highest BCUT2D eigenvalue weighted by atomic mass is 32.2. The molecule has 0 aliphatic rings. The van der Waals surface area contributed by atoms with Crippen molar-refractivity contribution in [3.8, 4) is 5.69 Å². The molecule has 0 spiro atoms. The standard InChI is InChI=1S/C19H18N2OS/c1-2-15-8-10-16(11-9-15)18(22)14-23-19-20-12-13-21(19)17-6-4-3-5-7-17/h3-13H,2,14H2,1H3. The minimum absolute atomic E-state index is 0.125. The molecule has 4 heteroatoms. The number of nitrogens with zero attached hydrogens (tertiary/aromatic N) is 2. The van der Waals surface area contributed by atoms with Gasteiger partial charge in [0, 0.05) is 23.6 Å². The molecule has 0 atom stereocenters. The predicted octanol–water partition coefficient (Wildman–Crippen LogP) is 4.41. The summed E-state index contributed by atoms with van der Waals surface area (Å²) in [5.41, 5.74) is 3.05. The Morgan fingerprint density at radius 2 is 1.83 bits per heavy atom. The zero-order chi connectivity index (χ0) is 16.1. The van der Waals surface area contributed by atoms with Crippen molar-refractivity contribution in [3.63, 3.8) is 0 Å². The summed E-state index contributed by atoms with van der Waals surface area (Å²) in [5, 5.41) is 0.828. The minimum atomic E-state index is 0.125. The Labute approximate surface area is 140 Å². The molecule has 2 aromatic carbocycles. The van der Waals surface area contributed by atoms with E-state index in [-0.39, 0.29) is 5.78 Å². The van der Waals surface area contributed by atoms with E-state index >= 15 is 0 Å². The van der Waals surface area contributed by atoms with Gasteiger partial charge in [-0.1, -0.05) is 61.2 Å². The molecule has 1 heterocycles. The second kappa shape index (κ2) is 7.29. The van der Waals surface area contributed by atoms with Crippen molar-refractivity contribution in [1.82, 2.24) is 9.55 Å². The van der Waals surface area contributed by atoms with Gasteiger partial charge in [0.25, 0.3) is 0 Å². The number of aryl methyl sites for hydroxylation is 1. The Bertz CT molecular complexity index is 779. The van der Waals surface area contributed by atoms with Crippen molar-refractivity contribution in [2.24, 2.45) is 0 Å². The molecule has 0 radical (unpaired) electrons. The molecule has 3 aromatic rings. The fourth-order valence-electron chi connectivity index (χ4n) is 2.32. The first-order valence-corrected chi connectivity index (χ1v) is 8.60. The predicted molar refractivity (Wildman–Crippen MR) is 94.4 cm³/mol. The Morgan fingerprint density at radius 3 is 2.52 bits per heavy atom. The quantitative estimate of drug-likeness (QED) is 0.498. The fourth-order valence-corrected chi connectivity index (χ4v) is 3.19. The first kappa shape index (κ1) is 15.6. The number of hydrogen-bond acceptors (Lipinski definition) is 3. The van der Waals surface area contributed by atoms with E-state index in [1.54, 1.807) is 6.20 Å². The number of thioether (sulfide) groups is 1. The monoisotopic (exact) mass is 322 g/mol. The summed E-state index contributed by atoms with van der Waals surface area (Å²) in [4.78, 5) is 16.7. The summed E-state index contributed by atoms with van der Waals surface area (Å²) in [6.45, 7) is 2.11.